The summed E-state index contributed by atoms with van der Waals surface area (Å²) in [5, 5.41) is 3.56. The van der Waals surface area contributed by atoms with Crippen molar-refractivity contribution >= 4 is 0 Å². The van der Waals surface area contributed by atoms with Gasteiger partial charge in [0.1, 0.15) is 0 Å². The Bertz CT molecular complexity index is 390. The Hall–Kier alpha value is -0.860. The van der Waals surface area contributed by atoms with E-state index in [1.807, 2.05) is 0 Å². The van der Waals surface area contributed by atoms with Gasteiger partial charge in [-0.1, -0.05) is 31.2 Å². The lowest BCUT2D eigenvalue weighted by molar-refractivity contribution is 0.127. The molecule has 1 aliphatic rings. The highest BCUT2D eigenvalue weighted by atomic mass is 16.5. The van der Waals surface area contributed by atoms with Gasteiger partial charge in [-0.3, -0.25) is 0 Å². The average molecular weight is 247 g/mol. The number of rotatable bonds is 6. The number of aryl methyl sites for hydroxylation is 1. The lowest BCUT2D eigenvalue weighted by Gasteiger charge is -2.49. The number of nitrogens with one attached hydrogen (secondary N) is 1. The first-order valence-electron chi connectivity index (χ1n) is 6.96. The molecule has 2 heteroatoms. The Morgan fingerprint density at radius 1 is 1.39 bits per heavy atom. The van der Waals surface area contributed by atoms with Crippen LogP contribution in [0.2, 0.25) is 0 Å². The summed E-state index contributed by atoms with van der Waals surface area (Å²) in [7, 11) is 1.75. The fraction of sp³-hybridized carbons (Fsp3) is 0.625. The van der Waals surface area contributed by atoms with Gasteiger partial charge in [-0.15, -0.1) is 0 Å². The van der Waals surface area contributed by atoms with E-state index in [0.717, 1.165) is 25.6 Å². The Morgan fingerprint density at radius 3 is 2.72 bits per heavy atom. The third-order valence-electron chi connectivity index (χ3n) is 4.57. The highest BCUT2D eigenvalue weighted by molar-refractivity contribution is 5.36. The first-order chi connectivity index (χ1) is 8.70. The van der Waals surface area contributed by atoms with Crippen molar-refractivity contribution in [1.82, 2.24) is 5.32 Å². The van der Waals surface area contributed by atoms with Crippen LogP contribution in [0.15, 0.2) is 24.3 Å². The van der Waals surface area contributed by atoms with Gasteiger partial charge >= 0.3 is 0 Å². The highest BCUT2D eigenvalue weighted by Gasteiger charge is 2.45. The van der Waals surface area contributed by atoms with Crippen molar-refractivity contribution in [2.45, 2.75) is 32.1 Å². The van der Waals surface area contributed by atoms with E-state index in [9.17, 15) is 0 Å². The first kappa shape index (κ1) is 13.6. The molecule has 0 amide bonds. The smallest absolute Gasteiger partial charge is 0.0587 e. The van der Waals surface area contributed by atoms with Gasteiger partial charge in [0, 0.05) is 25.6 Å². The molecule has 0 spiro atoms. The number of methoxy groups -OCH3 is 1. The van der Waals surface area contributed by atoms with Crippen LogP contribution in [-0.4, -0.2) is 26.8 Å². The molecule has 0 bridgehead atoms. The molecule has 0 saturated heterocycles. The van der Waals surface area contributed by atoms with Crippen LogP contribution >= 0.6 is 0 Å². The maximum absolute atomic E-state index is 5.10. The monoisotopic (exact) mass is 247 g/mol. The van der Waals surface area contributed by atoms with E-state index >= 15 is 0 Å². The van der Waals surface area contributed by atoms with Crippen molar-refractivity contribution < 1.29 is 4.74 Å². The Labute approximate surface area is 111 Å². The molecule has 2 rings (SSSR count). The van der Waals surface area contributed by atoms with Crippen LogP contribution in [-0.2, 0) is 10.2 Å². The average Bonchev–Trinajstić information content (AvgIpc) is 2.38. The van der Waals surface area contributed by atoms with Crippen molar-refractivity contribution in [3.05, 3.63) is 35.4 Å². The maximum Gasteiger partial charge on any atom is 0.0587 e. The third kappa shape index (κ3) is 2.45. The summed E-state index contributed by atoms with van der Waals surface area (Å²) in [4.78, 5) is 0. The van der Waals surface area contributed by atoms with Crippen molar-refractivity contribution in [3.63, 3.8) is 0 Å². The summed E-state index contributed by atoms with van der Waals surface area (Å²) in [5.41, 5.74) is 3.31. The molecule has 1 saturated carbocycles. The molecule has 2 nitrogen and oxygen atoms in total. The van der Waals surface area contributed by atoms with E-state index < -0.39 is 0 Å². The highest BCUT2D eigenvalue weighted by Crippen LogP contribution is 2.49. The van der Waals surface area contributed by atoms with Gasteiger partial charge in [0.2, 0.25) is 0 Å². The van der Waals surface area contributed by atoms with Gasteiger partial charge < -0.3 is 10.1 Å². The van der Waals surface area contributed by atoms with Crippen molar-refractivity contribution in [2.24, 2.45) is 5.92 Å². The molecule has 1 fully saturated rings. The number of hydrogen-bond donors (Lipinski definition) is 1. The molecular formula is C16H25NO. The molecule has 2 unspecified atom stereocenters. The topological polar surface area (TPSA) is 21.3 Å². The van der Waals surface area contributed by atoms with Crippen LogP contribution in [0.5, 0.6) is 0 Å². The normalized spacial score (nSPS) is 26.9. The second kappa shape index (κ2) is 5.85. The molecule has 100 valence electrons. The first-order valence-corrected chi connectivity index (χ1v) is 6.96. The van der Waals surface area contributed by atoms with Crippen LogP contribution in [0, 0.1) is 12.8 Å². The van der Waals surface area contributed by atoms with E-state index in [-0.39, 0.29) is 0 Å². The van der Waals surface area contributed by atoms with Gasteiger partial charge in [0.15, 0.2) is 0 Å². The summed E-state index contributed by atoms with van der Waals surface area (Å²) in [5.74, 6) is 0.772. The molecule has 0 aromatic heterocycles. The van der Waals surface area contributed by atoms with Crippen molar-refractivity contribution in [1.29, 1.82) is 0 Å². The lowest BCUT2D eigenvalue weighted by Crippen LogP contribution is -2.51. The summed E-state index contributed by atoms with van der Waals surface area (Å²) in [6, 6.07) is 8.85. The summed E-state index contributed by atoms with van der Waals surface area (Å²) >= 11 is 0. The summed E-state index contributed by atoms with van der Waals surface area (Å²) < 4.78 is 5.10. The van der Waals surface area contributed by atoms with Crippen LogP contribution in [0.4, 0.5) is 0 Å². The fourth-order valence-corrected chi connectivity index (χ4v) is 3.16. The number of ether oxygens (including phenoxy) is 1. The van der Waals surface area contributed by atoms with E-state index in [0.29, 0.717) is 5.41 Å². The lowest BCUT2D eigenvalue weighted by atomic mass is 9.56. The van der Waals surface area contributed by atoms with Crippen LogP contribution < -0.4 is 5.32 Å². The van der Waals surface area contributed by atoms with E-state index in [1.165, 1.54) is 24.0 Å². The van der Waals surface area contributed by atoms with Crippen LogP contribution in [0.1, 0.15) is 30.9 Å². The Kier molecular flexibility index (Phi) is 4.41. The minimum Gasteiger partial charge on any atom is -0.383 e. The molecule has 18 heavy (non-hydrogen) atoms. The quantitative estimate of drug-likeness (QED) is 0.780. The van der Waals surface area contributed by atoms with Gasteiger partial charge in [0.05, 0.1) is 6.61 Å². The standard InChI is InChI=1S/C16H25NO/c1-13-6-4-5-7-15(13)16(9-8-14(16)2)12-17-10-11-18-3/h4-7,14,17H,8-12H2,1-3H3. The minimum atomic E-state index is 0.346. The summed E-state index contributed by atoms with van der Waals surface area (Å²) in [6.45, 7) is 7.42. The predicted molar refractivity (Wildman–Crippen MR) is 76.0 cm³/mol. The predicted octanol–water partition coefficient (Wildman–Crippen LogP) is 2.90. The van der Waals surface area contributed by atoms with Gasteiger partial charge in [-0.2, -0.15) is 0 Å². The van der Waals surface area contributed by atoms with Gasteiger partial charge in [0.25, 0.3) is 0 Å². The van der Waals surface area contributed by atoms with Gasteiger partial charge in [-0.05, 0) is 36.8 Å². The molecule has 1 aliphatic carbocycles. The molecule has 0 aliphatic heterocycles. The molecule has 0 heterocycles. The zero-order valence-corrected chi connectivity index (χ0v) is 11.8. The second-order valence-electron chi connectivity index (χ2n) is 5.58. The zero-order chi connectivity index (χ0) is 13.0. The maximum atomic E-state index is 5.10. The second-order valence-corrected chi connectivity index (χ2v) is 5.58. The minimum absolute atomic E-state index is 0.346. The fourth-order valence-electron chi connectivity index (χ4n) is 3.16. The molecule has 2 atom stereocenters. The van der Waals surface area contributed by atoms with Crippen LogP contribution in [0.3, 0.4) is 0 Å². The van der Waals surface area contributed by atoms with E-state index in [1.54, 1.807) is 7.11 Å². The zero-order valence-electron chi connectivity index (χ0n) is 11.8. The Balaban J connectivity index is 2.10. The van der Waals surface area contributed by atoms with Gasteiger partial charge in [-0.25, -0.2) is 0 Å². The van der Waals surface area contributed by atoms with Crippen molar-refractivity contribution in [2.75, 3.05) is 26.8 Å². The third-order valence-corrected chi connectivity index (χ3v) is 4.57. The van der Waals surface area contributed by atoms with Crippen LogP contribution in [0.25, 0.3) is 0 Å². The summed E-state index contributed by atoms with van der Waals surface area (Å²) in [6.07, 6.45) is 2.65. The number of benzene rings is 1. The van der Waals surface area contributed by atoms with Crippen molar-refractivity contribution in [3.8, 4) is 0 Å². The molecule has 1 aromatic rings. The van der Waals surface area contributed by atoms with E-state index in [2.05, 4.69) is 43.4 Å². The molecular weight excluding hydrogens is 222 g/mol. The molecule has 1 N–H and O–H groups in total. The Morgan fingerprint density at radius 2 is 2.17 bits per heavy atom. The SMILES string of the molecule is COCCNCC1(c2ccccc2C)CCC1C. The number of hydrogen-bond acceptors (Lipinski definition) is 2. The van der Waals surface area contributed by atoms with E-state index in [4.69, 9.17) is 4.74 Å². The molecule has 0 radical (unpaired) electrons. The molecule has 1 aromatic carbocycles. The largest absolute Gasteiger partial charge is 0.383 e.